The predicted octanol–water partition coefficient (Wildman–Crippen LogP) is 2.31. The van der Waals surface area contributed by atoms with Gasteiger partial charge in [-0.05, 0) is 51.6 Å². The largest absolute Gasteiger partial charge is 0.337 e. The summed E-state index contributed by atoms with van der Waals surface area (Å²) in [5.41, 5.74) is 0.665. The van der Waals surface area contributed by atoms with E-state index in [1.807, 2.05) is 11.1 Å². The van der Waals surface area contributed by atoms with Gasteiger partial charge in [-0.25, -0.2) is 4.98 Å². The molecule has 3 aliphatic heterocycles. The second-order valence-electron chi connectivity index (χ2n) is 7.31. The van der Waals surface area contributed by atoms with Crippen LogP contribution in [0.15, 0.2) is 6.20 Å². The molecular weight excluding hydrogens is 288 g/mol. The molecule has 1 aromatic rings. The third kappa shape index (κ3) is 3.16. The average Bonchev–Trinajstić information content (AvgIpc) is 3.06. The van der Waals surface area contributed by atoms with Gasteiger partial charge < -0.3 is 14.4 Å². The number of rotatable bonds is 2. The van der Waals surface area contributed by atoms with E-state index in [2.05, 4.69) is 14.5 Å². The first-order chi connectivity index (χ1) is 11.3. The lowest BCUT2D eigenvalue weighted by molar-refractivity contribution is 0.0585. The Bertz CT molecular complexity index is 530. The Morgan fingerprint density at radius 1 is 0.957 bits per heavy atom. The van der Waals surface area contributed by atoms with E-state index in [0.717, 1.165) is 44.7 Å². The lowest BCUT2D eigenvalue weighted by atomic mass is 10.00. The lowest BCUT2D eigenvalue weighted by Gasteiger charge is -2.40. The quantitative estimate of drug-likeness (QED) is 0.841. The molecular formula is C18H28N4O. The molecule has 1 amide bonds. The molecule has 0 bridgehead atoms. The number of carbonyl (C=O) groups is 1. The van der Waals surface area contributed by atoms with Crippen molar-refractivity contribution in [3.63, 3.8) is 0 Å². The van der Waals surface area contributed by atoms with Crippen molar-refractivity contribution in [1.29, 1.82) is 0 Å². The van der Waals surface area contributed by atoms with E-state index < -0.39 is 0 Å². The summed E-state index contributed by atoms with van der Waals surface area (Å²) in [5, 5.41) is 0. The molecule has 0 spiro atoms. The molecule has 0 atom stereocenters. The van der Waals surface area contributed by atoms with Gasteiger partial charge in [0.05, 0.1) is 0 Å². The van der Waals surface area contributed by atoms with E-state index in [4.69, 9.17) is 0 Å². The Hall–Kier alpha value is -1.36. The first-order valence-electron chi connectivity index (χ1n) is 9.40. The minimum Gasteiger partial charge on any atom is -0.337 e. The summed E-state index contributed by atoms with van der Waals surface area (Å²) >= 11 is 0. The van der Waals surface area contributed by atoms with E-state index in [0.29, 0.717) is 11.7 Å². The van der Waals surface area contributed by atoms with Crippen LogP contribution in [-0.2, 0) is 13.0 Å². The molecule has 0 radical (unpaired) electrons. The Labute approximate surface area is 138 Å². The Morgan fingerprint density at radius 3 is 2.43 bits per heavy atom. The van der Waals surface area contributed by atoms with Gasteiger partial charge in [0, 0.05) is 38.3 Å². The van der Waals surface area contributed by atoms with Crippen molar-refractivity contribution in [3.8, 4) is 0 Å². The van der Waals surface area contributed by atoms with E-state index in [-0.39, 0.29) is 5.91 Å². The van der Waals surface area contributed by atoms with Crippen LogP contribution >= 0.6 is 0 Å². The topological polar surface area (TPSA) is 41.4 Å². The van der Waals surface area contributed by atoms with Gasteiger partial charge in [0.2, 0.25) is 0 Å². The van der Waals surface area contributed by atoms with Gasteiger partial charge in [0.15, 0.2) is 0 Å². The highest BCUT2D eigenvalue weighted by molar-refractivity contribution is 5.92. The highest BCUT2D eigenvalue weighted by atomic mass is 16.2. The fourth-order valence-electron chi connectivity index (χ4n) is 4.40. The van der Waals surface area contributed by atoms with Crippen LogP contribution in [0.5, 0.6) is 0 Å². The number of imidazole rings is 1. The zero-order chi connectivity index (χ0) is 15.6. The van der Waals surface area contributed by atoms with E-state index in [9.17, 15) is 4.79 Å². The van der Waals surface area contributed by atoms with Crippen molar-refractivity contribution in [2.24, 2.45) is 0 Å². The molecule has 0 N–H and O–H groups in total. The maximum Gasteiger partial charge on any atom is 0.274 e. The zero-order valence-corrected chi connectivity index (χ0v) is 14.0. The molecule has 0 aromatic carbocycles. The summed E-state index contributed by atoms with van der Waals surface area (Å²) in [6, 6.07) is 0.689. The van der Waals surface area contributed by atoms with Crippen LogP contribution in [0.4, 0.5) is 0 Å². The van der Waals surface area contributed by atoms with Crippen molar-refractivity contribution in [2.45, 2.75) is 64.0 Å². The highest BCUT2D eigenvalue weighted by Gasteiger charge is 2.29. The Morgan fingerprint density at radius 2 is 1.70 bits per heavy atom. The number of nitrogens with zero attached hydrogens (tertiary/aromatic N) is 4. The van der Waals surface area contributed by atoms with Crippen LogP contribution in [0.2, 0.25) is 0 Å². The lowest BCUT2D eigenvalue weighted by Crippen LogP contribution is -2.48. The van der Waals surface area contributed by atoms with Crippen LogP contribution in [0.3, 0.4) is 0 Å². The standard InChI is InChI=1S/C18H28N4O/c23-18(16-14-22-11-5-2-6-17(22)19-16)21-12-7-15(8-13-21)20-9-3-1-4-10-20/h14-15H,1-13H2. The number of hydrogen-bond donors (Lipinski definition) is 0. The maximum absolute atomic E-state index is 12.7. The molecule has 2 fully saturated rings. The number of amides is 1. The summed E-state index contributed by atoms with van der Waals surface area (Å²) in [6.07, 6.45) is 11.7. The van der Waals surface area contributed by atoms with Crippen molar-refractivity contribution >= 4 is 5.91 Å². The van der Waals surface area contributed by atoms with Gasteiger partial charge in [-0.2, -0.15) is 0 Å². The fraction of sp³-hybridized carbons (Fsp3) is 0.778. The fourth-order valence-corrected chi connectivity index (χ4v) is 4.40. The smallest absolute Gasteiger partial charge is 0.274 e. The van der Waals surface area contributed by atoms with E-state index in [1.54, 1.807) is 0 Å². The van der Waals surface area contributed by atoms with Crippen molar-refractivity contribution in [3.05, 3.63) is 17.7 Å². The van der Waals surface area contributed by atoms with Gasteiger partial charge in [-0.1, -0.05) is 6.42 Å². The normalized spacial score (nSPS) is 23.7. The summed E-state index contributed by atoms with van der Waals surface area (Å²) in [7, 11) is 0. The number of piperidine rings is 2. The molecule has 23 heavy (non-hydrogen) atoms. The highest BCUT2D eigenvalue weighted by Crippen LogP contribution is 2.22. The molecule has 0 unspecified atom stereocenters. The second kappa shape index (κ2) is 6.63. The summed E-state index contributed by atoms with van der Waals surface area (Å²) in [5.74, 6) is 1.24. The molecule has 0 aliphatic carbocycles. The Balaban J connectivity index is 1.36. The van der Waals surface area contributed by atoms with Crippen LogP contribution in [0, 0.1) is 0 Å². The molecule has 5 heteroatoms. The van der Waals surface area contributed by atoms with Crippen LogP contribution in [-0.4, -0.2) is 57.5 Å². The monoisotopic (exact) mass is 316 g/mol. The molecule has 5 nitrogen and oxygen atoms in total. The number of aryl methyl sites for hydroxylation is 2. The molecule has 4 heterocycles. The first kappa shape index (κ1) is 15.2. The van der Waals surface area contributed by atoms with Crippen LogP contribution < -0.4 is 0 Å². The maximum atomic E-state index is 12.7. The van der Waals surface area contributed by atoms with Gasteiger partial charge in [0.25, 0.3) is 5.91 Å². The number of aromatic nitrogens is 2. The minimum absolute atomic E-state index is 0.143. The second-order valence-corrected chi connectivity index (χ2v) is 7.31. The third-order valence-electron chi connectivity index (χ3n) is 5.79. The number of fused-ring (bicyclic) bond motifs is 1. The van der Waals surface area contributed by atoms with Crippen LogP contribution in [0.25, 0.3) is 0 Å². The summed E-state index contributed by atoms with van der Waals surface area (Å²) in [6.45, 7) is 5.32. The number of likely N-dealkylation sites (tertiary alicyclic amines) is 2. The molecule has 0 saturated carbocycles. The SMILES string of the molecule is O=C(c1cn2c(n1)CCCC2)N1CCC(N2CCCCC2)CC1. The van der Waals surface area contributed by atoms with Gasteiger partial charge in [0.1, 0.15) is 11.5 Å². The average molecular weight is 316 g/mol. The molecule has 3 aliphatic rings. The molecule has 2 saturated heterocycles. The molecule has 126 valence electrons. The third-order valence-corrected chi connectivity index (χ3v) is 5.79. The summed E-state index contributed by atoms with van der Waals surface area (Å²) in [4.78, 5) is 22.0. The molecule has 4 rings (SSSR count). The first-order valence-corrected chi connectivity index (χ1v) is 9.40. The minimum atomic E-state index is 0.143. The zero-order valence-electron chi connectivity index (χ0n) is 14.0. The van der Waals surface area contributed by atoms with Gasteiger partial charge in [-0.15, -0.1) is 0 Å². The van der Waals surface area contributed by atoms with E-state index >= 15 is 0 Å². The van der Waals surface area contributed by atoms with Crippen LogP contribution in [0.1, 0.15) is 61.3 Å². The van der Waals surface area contributed by atoms with E-state index in [1.165, 1.54) is 45.2 Å². The number of carbonyl (C=O) groups excluding carboxylic acids is 1. The van der Waals surface area contributed by atoms with Crippen molar-refractivity contribution in [1.82, 2.24) is 19.4 Å². The van der Waals surface area contributed by atoms with Crippen molar-refractivity contribution in [2.75, 3.05) is 26.2 Å². The van der Waals surface area contributed by atoms with Gasteiger partial charge in [-0.3, -0.25) is 4.79 Å². The summed E-state index contributed by atoms with van der Waals surface area (Å²) < 4.78 is 2.18. The van der Waals surface area contributed by atoms with Gasteiger partial charge >= 0.3 is 0 Å². The Kier molecular flexibility index (Phi) is 4.38. The number of hydrogen-bond acceptors (Lipinski definition) is 3. The predicted molar refractivity (Wildman–Crippen MR) is 89.5 cm³/mol. The molecule has 1 aromatic heterocycles. The van der Waals surface area contributed by atoms with Crippen molar-refractivity contribution < 1.29 is 4.79 Å².